The van der Waals surface area contributed by atoms with E-state index in [4.69, 9.17) is 4.74 Å². The van der Waals surface area contributed by atoms with Crippen molar-refractivity contribution in [3.05, 3.63) is 0 Å². The lowest BCUT2D eigenvalue weighted by molar-refractivity contribution is -0.146. The van der Waals surface area contributed by atoms with Crippen LogP contribution in [0.25, 0.3) is 0 Å². The number of carbonyl (C=O) groups excluding carboxylic acids is 1. The molecule has 1 unspecified atom stereocenters. The summed E-state index contributed by atoms with van der Waals surface area (Å²) in [5, 5.41) is 0. The van der Waals surface area contributed by atoms with Gasteiger partial charge in [0.05, 0.1) is 0 Å². The molecule has 114 valence electrons. The lowest BCUT2D eigenvalue weighted by atomic mass is 9.99. The molecule has 0 saturated carbocycles. The summed E-state index contributed by atoms with van der Waals surface area (Å²) in [6.45, 7) is 15.9. The van der Waals surface area contributed by atoms with Gasteiger partial charge >= 0.3 is 5.97 Å². The Hall–Kier alpha value is -0.753. The van der Waals surface area contributed by atoms with Crippen LogP contribution in [0, 0.1) is 11.5 Å². The summed E-state index contributed by atoms with van der Waals surface area (Å²) in [6, 6.07) is 0. The van der Waals surface area contributed by atoms with Gasteiger partial charge in [-0.3, -0.25) is 4.79 Å². The van der Waals surface area contributed by atoms with E-state index in [1.807, 2.05) is 6.92 Å². The summed E-state index contributed by atoms with van der Waals surface area (Å²) in [7, 11) is -1.65. The maximum Gasteiger partial charge on any atom is 0.306 e. The number of ether oxygens (including phenoxy) is 1. The summed E-state index contributed by atoms with van der Waals surface area (Å²) in [4.78, 5) is 11.3. The maximum absolute atomic E-state index is 11.3. The van der Waals surface area contributed by atoms with Crippen molar-refractivity contribution < 1.29 is 9.53 Å². The Balaban J connectivity index is 2.92. The quantitative estimate of drug-likeness (QED) is 0.427. The van der Waals surface area contributed by atoms with Crippen molar-refractivity contribution in [2.45, 2.75) is 90.0 Å². The van der Waals surface area contributed by atoms with Crippen LogP contribution in [0.1, 0.15) is 67.7 Å². The van der Waals surface area contributed by atoms with Gasteiger partial charge in [0.1, 0.15) is 13.7 Å². The topological polar surface area (TPSA) is 26.3 Å². The molecule has 0 spiro atoms. The highest BCUT2D eigenvalue weighted by atomic mass is 28.3. The highest BCUT2D eigenvalue weighted by molar-refractivity contribution is 6.90. The Morgan fingerprint density at radius 2 is 1.65 bits per heavy atom. The fourth-order valence-corrected chi connectivity index (χ4v) is 8.95. The Kier molecular flexibility index (Phi) is 5.49. The number of hydrogen-bond acceptors (Lipinski definition) is 2. The molecule has 0 amide bonds. The molecule has 0 N–H and O–H groups in total. The summed E-state index contributed by atoms with van der Waals surface area (Å²) in [5.41, 5.74) is 5.29. The van der Waals surface area contributed by atoms with Gasteiger partial charge < -0.3 is 4.74 Å². The molecule has 1 aliphatic heterocycles. The minimum atomic E-state index is -1.65. The highest BCUT2D eigenvalue weighted by Gasteiger charge is 2.42. The second-order valence-electron chi connectivity index (χ2n) is 7.30. The van der Waals surface area contributed by atoms with Crippen LogP contribution in [-0.4, -0.2) is 19.6 Å². The average molecular weight is 295 g/mol. The molecule has 0 aromatic rings. The van der Waals surface area contributed by atoms with Crippen molar-refractivity contribution in [3.8, 4) is 11.5 Å². The van der Waals surface area contributed by atoms with Gasteiger partial charge in [-0.05, 0) is 30.0 Å². The second kappa shape index (κ2) is 6.35. The average Bonchev–Trinajstić information content (AvgIpc) is 2.63. The summed E-state index contributed by atoms with van der Waals surface area (Å²) >= 11 is 0. The molecule has 1 aliphatic rings. The van der Waals surface area contributed by atoms with Crippen LogP contribution in [0.4, 0.5) is 0 Å². The lowest BCUT2D eigenvalue weighted by Gasteiger charge is -2.38. The first-order valence-electron chi connectivity index (χ1n) is 7.86. The van der Waals surface area contributed by atoms with Crippen LogP contribution < -0.4 is 0 Å². The van der Waals surface area contributed by atoms with Gasteiger partial charge in [-0.15, -0.1) is 11.5 Å². The standard InChI is InChI=1S/C17H30O2Si/c1-13(2)20(14(3)4,15(5)6)12-8-10-17(7)11-9-16(18)19-17/h13-15H,9-11H2,1-7H3. The molecule has 0 radical (unpaired) electrons. The molecule has 2 nitrogen and oxygen atoms in total. The molecule has 0 aromatic heterocycles. The van der Waals surface area contributed by atoms with Crippen LogP contribution in [0.15, 0.2) is 0 Å². The minimum Gasteiger partial charge on any atom is -0.458 e. The molecule has 0 aromatic carbocycles. The molecule has 1 rings (SSSR count). The Morgan fingerprint density at radius 1 is 1.15 bits per heavy atom. The molecule has 1 heterocycles. The first kappa shape index (κ1) is 17.3. The van der Waals surface area contributed by atoms with Crippen LogP contribution in [0.5, 0.6) is 0 Å². The Labute approximate surface area is 125 Å². The minimum absolute atomic E-state index is 0.0746. The SMILES string of the molecule is CC(C)[Si](C#CCC1(C)CCC(=O)O1)(C(C)C)C(C)C. The third-order valence-electron chi connectivity index (χ3n) is 4.85. The lowest BCUT2D eigenvalue weighted by Crippen LogP contribution is -2.43. The van der Waals surface area contributed by atoms with Crippen LogP contribution in [-0.2, 0) is 9.53 Å². The van der Waals surface area contributed by atoms with E-state index >= 15 is 0 Å². The summed E-state index contributed by atoms with van der Waals surface area (Å²) in [5.74, 6) is 3.33. The van der Waals surface area contributed by atoms with E-state index in [2.05, 4.69) is 53.0 Å². The Morgan fingerprint density at radius 3 is 2.00 bits per heavy atom. The number of esters is 1. The van der Waals surface area contributed by atoms with E-state index in [-0.39, 0.29) is 11.6 Å². The van der Waals surface area contributed by atoms with Gasteiger partial charge in [0.15, 0.2) is 0 Å². The normalized spacial score (nSPS) is 23.2. The van der Waals surface area contributed by atoms with E-state index in [9.17, 15) is 4.79 Å². The van der Waals surface area contributed by atoms with Crippen LogP contribution in [0.2, 0.25) is 16.6 Å². The third kappa shape index (κ3) is 3.47. The smallest absolute Gasteiger partial charge is 0.306 e. The number of cyclic esters (lactones) is 1. The molecule has 1 fully saturated rings. The van der Waals surface area contributed by atoms with Crippen LogP contribution >= 0.6 is 0 Å². The predicted molar refractivity (Wildman–Crippen MR) is 87.2 cm³/mol. The number of hydrogen-bond donors (Lipinski definition) is 0. The van der Waals surface area contributed by atoms with E-state index in [0.717, 1.165) is 6.42 Å². The molecule has 0 bridgehead atoms. The van der Waals surface area contributed by atoms with Crippen molar-refractivity contribution in [2.75, 3.05) is 0 Å². The largest absolute Gasteiger partial charge is 0.458 e. The third-order valence-corrected chi connectivity index (χ3v) is 11.2. The fraction of sp³-hybridized carbons (Fsp3) is 0.824. The maximum atomic E-state index is 11.3. The molecular weight excluding hydrogens is 264 g/mol. The molecule has 1 atom stereocenters. The van der Waals surface area contributed by atoms with Gasteiger partial charge in [-0.2, -0.15) is 0 Å². The zero-order valence-electron chi connectivity index (χ0n) is 14.2. The predicted octanol–water partition coefficient (Wildman–Crippen LogP) is 4.69. The van der Waals surface area contributed by atoms with E-state index in [1.165, 1.54) is 0 Å². The van der Waals surface area contributed by atoms with E-state index in [1.54, 1.807) is 0 Å². The molecular formula is C17H30O2Si. The zero-order chi connectivity index (χ0) is 15.6. The van der Waals surface area contributed by atoms with Gasteiger partial charge in [0, 0.05) is 12.8 Å². The fourth-order valence-electron chi connectivity index (χ4n) is 3.69. The molecule has 0 aliphatic carbocycles. The van der Waals surface area contributed by atoms with Crippen molar-refractivity contribution in [2.24, 2.45) is 0 Å². The molecule has 3 heteroatoms. The van der Waals surface area contributed by atoms with Gasteiger partial charge in [-0.25, -0.2) is 0 Å². The van der Waals surface area contributed by atoms with Gasteiger partial charge in [0.2, 0.25) is 0 Å². The Bertz CT molecular complexity index is 393. The van der Waals surface area contributed by atoms with Gasteiger partial charge in [-0.1, -0.05) is 41.5 Å². The van der Waals surface area contributed by atoms with Gasteiger partial charge in [0.25, 0.3) is 0 Å². The van der Waals surface area contributed by atoms with Crippen LogP contribution in [0.3, 0.4) is 0 Å². The highest BCUT2D eigenvalue weighted by Crippen LogP contribution is 2.41. The first-order chi connectivity index (χ1) is 9.14. The monoisotopic (exact) mass is 294 g/mol. The summed E-state index contributed by atoms with van der Waals surface area (Å²) in [6.07, 6.45) is 2.03. The van der Waals surface area contributed by atoms with Crippen molar-refractivity contribution >= 4 is 14.0 Å². The number of rotatable bonds is 4. The van der Waals surface area contributed by atoms with E-state index in [0.29, 0.717) is 29.5 Å². The molecule has 20 heavy (non-hydrogen) atoms. The summed E-state index contributed by atoms with van der Waals surface area (Å²) < 4.78 is 5.42. The van der Waals surface area contributed by atoms with E-state index < -0.39 is 8.07 Å². The number of carbonyl (C=O) groups is 1. The van der Waals surface area contributed by atoms with Crippen molar-refractivity contribution in [3.63, 3.8) is 0 Å². The second-order valence-corrected chi connectivity index (χ2v) is 12.9. The van der Waals surface area contributed by atoms with Crippen molar-refractivity contribution in [1.29, 1.82) is 0 Å². The molecule has 1 saturated heterocycles. The van der Waals surface area contributed by atoms with Crippen molar-refractivity contribution in [1.82, 2.24) is 0 Å². The first-order valence-corrected chi connectivity index (χ1v) is 10.1. The zero-order valence-corrected chi connectivity index (χ0v) is 15.2.